The zero-order valence-electron chi connectivity index (χ0n) is 41.9. The second kappa shape index (κ2) is 21.9. The number of ether oxygens (including phenoxy) is 1. The van der Waals surface area contributed by atoms with E-state index >= 15 is 0 Å². The van der Waals surface area contributed by atoms with Crippen LogP contribution in [-0.4, -0.2) is 176 Å². The molecule has 3 N–H and O–H groups in total. The maximum Gasteiger partial charge on any atom is 0.343 e. The topological polar surface area (TPSA) is 211 Å². The average molecular weight is 990 g/mol. The van der Waals surface area contributed by atoms with Gasteiger partial charge in [-0.05, 0) is 107 Å². The number of piperazine rings is 2. The monoisotopic (exact) mass is 990 g/mol. The number of fused-ring (bicyclic) bond motifs is 1. The molecule has 1 aromatic carbocycles. The molecule has 386 valence electrons. The van der Waals surface area contributed by atoms with E-state index in [2.05, 4.69) is 61.6 Å². The zero-order valence-corrected chi connectivity index (χ0v) is 41.9. The summed E-state index contributed by atoms with van der Waals surface area (Å²) in [5.41, 5.74) is 3.72. The van der Waals surface area contributed by atoms with Gasteiger partial charge in [-0.3, -0.25) is 43.8 Å². The molecular formula is C52H71N13O7. The van der Waals surface area contributed by atoms with E-state index in [-0.39, 0.29) is 54.5 Å². The zero-order chi connectivity index (χ0) is 49.9. The Morgan fingerprint density at radius 1 is 0.792 bits per heavy atom. The van der Waals surface area contributed by atoms with Gasteiger partial charge in [-0.15, -0.1) is 0 Å². The van der Waals surface area contributed by atoms with E-state index in [4.69, 9.17) is 4.74 Å². The number of piperidine rings is 2. The van der Waals surface area contributed by atoms with Crippen molar-refractivity contribution in [2.75, 3.05) is 94.1 Å². The van der Waals surface area contributed by atoms with Crippen LogP contribution in [0, 0.1) is 17.8 Å². The molecule has 5 aliphatic heterocycles. The lowest BCUT2D eigenvalue weighted by Crippen LogP contribution is -2.54. The van der Waals surface area contributed by atoms with E-state index in [1.807, 2.05) is 25.4 Å². The number of hydrogen-bond donors (Lipinski definition) is 3. The quantitative estimate of drug-likeness (QED) is 0.165. The van der Waals surface area contributed by atoms with Crippen molar-refractivity contribution >= 4 is 58.6 Å². The first-order valence-electron chi connectivity index (χ1n) is 26.6. The highest BCUT2D eigenvalue weighted by molar-refractivity contribution is 6.05. The van der Waals surface area contributed by atoms with E-state index in [9.17, 15) is 28.8 Å². The minimum absolute atomic E-state index is 0.00284. The van der Waals surface area contributed by atoms with E-state index in [1.165, 1.54) is 6.20 Å². The smallest absolute Gasteiger partial charge is 0.343 e. The summed E-state index contributed by atoms with van der Waals surface area (Å²) >= 11 is 0. The Labute approximate surface area is 421 Å². The van der Waals surface area contributed by atoms with Crippen molar-refractivity contribution in [1.82, 2.24) is 49.6 Å². The molecule has 0 radical (unpaired) electrons. The number of amides is 5. The number of anilines is 4. The Kier molecular flexibility index (Phi) is 15.0. The molecule has 4 saturated heterocycles. The Bertz CT molecular complexity index is 2480. The third-order valence-corrected chi connectivity index (χ3v) is 16.5. The fourth-order valence-corrected chi connectivity index (χ4v) is 12.4. The minimum Gasteiger partial charge on any atom is -0.462 e. The number of nitrogens with zero attached hydrogens (tertiary/aromatic N) is 10. The molecule has 7 aliphatic rings. The number of esters is 1. The van der Waals surface area contributed by atoms with Crippen molar-refractivity contribution in [2.45, 2.75) is 109 Å². The lowest BCUT2D eigenvalue weighted by molar-refractivity contribution is -0.143. The van der Waals surface area contributed by atoms with Crippen LogP contribution in [0.3, 0.4) is 0 Å². The van der Waals surface area contributed by atoms with Gasteiger partial charge in [0.2, 0.25) is 29.6 Å². The lowest BCUT2D eigenvalue weighted by Gasteiger charge is -2.43. The molecule has 3 aromatic rings. The average Bonchev–Trinajstić information content (AvgIpc) is 3.97. The molecule has 20 heteroatoms. The highest BCUT2D eigenvalue weighted by atomic mass is 16.5. The van der Waals surface area contributed by atoms with Gasteiger partial charge in [-0.25, -0.2) is 9.78 Å². The number of likely N-dealkylation sites (tertiary alicyclic amines) is 1. The summed E-state index contributed by atoms with van der Waals surface area (Å²) < 4.78 is 7.00. The summed E-state index contributed by atoms with van der Waals surface area (Å²) in [5, 5.41) is 13.3. The van der Waals surface area contributed by atoms with Crippen LogP contribution in [0.15, 0.2) is 36.8 Å². The molecule has 2 aromatic heterocycles. The Balaban J connectivity index is 0.609. The summed E-state index contributed by atoms with van der Waals surface area (Å²) in [7, 11) is 1.84. The van der Waals surface area contributed by atoms with E-state index in [0.717, 1.165) is 153 Å². The molecule has 10 rings (SSSR count). The predicted octanol–water partition coefficient (Wildman–Crippen LogP) is 3.63. The maximum absolute atomic E-state index is 13.8. The molecule has 7 heterocycles. The first kappa shape index (κ1) is 49.4. The molecule has 1 unspecified atom stereocenters. The third kappa shape index (κ3) is 11.1. The molecule has 2 aliphatic carbocycles. The molecular weight excluding hydrogens is 919 g/mol. The van der Waals surface area contributed by atoms with E-state index < -0.39 is 17.9 Å². The van der Waals surface area contributed by atoms with Crippen LogP contribution < -0.4 is 20.9 Å². The standard InChI is InChI=1S/C52H71N13O7/c1-3-72-51(71)43-30-53-52(56-39-29-54-59(2)33-39)58-46(43)55-38-8-10-40(11-9-38)61-24-26-64(27-25-61)49(69)36-6-4-35(5-7-36)48(68)63-18-16-34(17-19-63)31-60-20-22-62(23-21-60)41-12-13-42-37(28-41)32-65(50(42)70)44-14-15-45(66)57-47(44)67/h12-13,28-30,33-36,38,40,44H,3-11,14-27,31-32H2,1-2H3,(H,57,66,67)(H2,53,55,56,58). The largest absolute Gasteiger partial charge is 0.462 e. The lowest BCUT2D eigenvalue weighted by atomic mass is 9.80. The van der Waals surface area contributed by atoms with Gasteiger partial charge in [-0.1, -0.05) is 0 Å². The van der Waals surface area contributed by atoms with Gasteiger partial charge >= 0.3 is 5.97 Å². The summed E-state index contributed by atoms with van der Waals surface area (Å²) in [6.45, 7) is 12.0. The van der Waals surface area contributed by atoms with Crippen LogP contribution >= 0.6 is 0 Å². The number of aryl methyl sites for hydroxylation is 1. The molecule has 72 heavy (non-hydrogen) atoms. The molecule has 0 spiro atoms. The molecule has 20 nitrogen and oxygen atoms in total. The normalized spacial score (nSPS) is 25.8. The van der Waals surface area contributed by atoms with Crippen molar-refractivity contribution in [3.63, 3.8) is 0 Å². The highest BCUT2D eigenvalue weighted by Crippen LogP contribution is 2.35. The fourth-order valence-electron chi connectivity index (χ4n) is 12.4. The number of imide groups is 1. The van der Waals surface area contributed by atoms with Crippen molar-refractivity contribution in [1.29, 1.82) is 0 Å². The molecule has 1 atom stereocenters. The molecule has 2 saturated carbocycles. The van der Waals surface area contributed by atoms with Gasteiger partial charge < -0.3 is 35.0 Å². The Morgan fingerprint density at radius 3 is 2.14 bits per heavy atom. The van der Waals surface area contributed by atoms with Crippen molar-refractivity contribution in [2.24, 2.45) is 24.8 Å². The number of aromatic nitrogens is 4. The number of hydrogen-bond acceptors (Lipinski definition) is 15. The first-order valence-corrected chi connectivity index (χ1v) is 26.6. The second-order valence-corrected chi connectivity index (χ2v) is 21.1. The highest BCUT2D eigenvalue weighted by Gasteiger charge is 2.40. The van der Waals surface area contributed by atoms with Crippen LogP contribution in [0.1, 0.15) is 110 Å². The van der Waals surface area contributed by atoms with Gasteiger partial charge in [0, 0.05) is 140 Å². The predicted molar refractivity (Wildman–Crippen MR) is 268 cm³/mol. The van der Waals surface area contributed by atoms with Crippen LogP contribution in [0.2, 0.25) is 0 Å². The number of carbonyl (C=O) groups is 6. The fraction of sp³-hybridized carbons (Fsp3) is 0.635. The third-order valence-electron chi connectivity index (χ3n) is 16.5. The maximum atomic E-state index is 13.8. The van der Waals surface area contributed by atoms with Gasteiger partial charge in [0.15, 0.2) is 0 Å². The first-order chi connectivity index (χ1) is 35.0. The summed E-state index contributed by atoms with van der Waals surface area (Å²) in [6, 6.07) is 5.98. The van der Waals surface area contributed by atoms with Crippen LogP contribution in [0.5, 0.6) is 0 Å². The molecule has 0 bridgehead atoms. The van der Waals surface area contributed by atoms with Crippen LogP contribution in [-0.2, 0) is 37.5 Å². The van der Waals surface area contributed by atoms with Crippen LogP contribution in [0.25, 0.3) is 0 Å². The number of carbonyl (C=O) groups excluding carboxylic acids is 6. The Hall–Kier alpha value is -6.15. The number of nitrogens with one attached hydrogen (secondary N) is 3. The van der Waals surface area contributed by atoms with Crippen molar-refractivity contribution in [3.05, 3.63) is 53.5 Å². The number of rotatable bonds is 13. The second-order valence-electron chi connectivity index (χ2n) is 21.1. The molecule has 5 amide bonds. The summed E-state index contributed by atoms with van der Waals surface area (Å²) in [4.78, 5) is 100. The number of benzene rings is 1. The summed E-state index contributed by atoms with van der Waals surface area (Å²) in [5.74, 6) is 0.661. The van der Waals surface area contributed by atoms with Gasteiger partial charge in [-0.2, -0.15) is 10.1 Å². The van der Waals surface area contributed by atoms with Crippen molar-refractivity contribution < 1.29 is 33.5 Å². The Morgan fingerprint density at radius 2 is 1.49 bits per heavy atom. The van der Waals surface area contributed by atoms with Gasteiger partial charge in [0.1, 0.15) is 17.4 Å². The van der Waals surface area contributed by atoms with Crippen molar-refractivity contribution in [3.8, 4) is 0 Å². The molecule has 6 fully saturated rings. The van der Waals surface area contributed by atoms with E-state index in [0.29, 0.717) is 47.8 Å². The van der Waals surface area contributed by atoms with E-state index in [1.54, 1.807) is 22.7 Å². The van der Waals surface area contributed by atoms with Crippen LogP contribution in [0.4, 0.5) is 23.1 Å². The van der Waals surface area contributed by atoms with Gasteiger partial charge in [0.25, 0.3) is 5.91 Å². The summed E-state index contributed by atoms with van der Waals surface area (Å²) in [6.07, 6.45) is 14.7. The van der Waals surface area contributed by atoms with Gasteiger partial charge in [0.05, 0.1) is 18.5 Å². The minimum atomic E-state index is -0.612. The SMILES string of the molecule is CCOC(=O)c1cnc(Nc2cnn(C)c2)nc1NC1CCC(N2CCN(C(=O)C3CCC(C(=O)N4CCC(CN5CCN(c6ccc7c(c6)CN(C6CCC(=O)NC6=O)C7=O)CC5)CC4)CC3)CC2)CC1.